The number of hydrogen-bond donors (Lipinski definition) is 1. The number of anilines is 1. The van der Waals surface area contributed by atoms with Crippen molar-refractivity contribution in [3.8, 4) is 28.7 Å². The van der Waals surface area contributed by atoms with Crippen LogP contribution < -0.4 is 34.7 Å². The first-order valence-corrected chi connectivity index (χ1v) is 48.4. The number of carbonyl (C=O) groups is 1. The van der Waals surface area contributed by atoms with Crippen molar-refractivity contribution in [1.82, 2.24) is 9.55 Å². The largest absolute Gasteiger partial charge is 0.497 e. The number of aromatic nitrogens is 2. The van der Waals surface area contributed by atoms with Gasteiger partial charge in [-0.1, -0.05) is 385 Å². The maximum atomic E-state index is 14.8. The molecule has 1 aliphatic heterocycles. The maximum absolute atomic E-state index is 14.8. The smallest absolute Gasteiger partial charge is 0.351 e. The molecule has 1 saturated heterocycles. The molecular weight excluding hydrogens is 1400 g/mol. The van der Waals surface area contributed by atoms with E-state index in [1.807, 2.05) is 66.7 Å². The van der Waals surface area contributed by atoms with E-state index >= 15 is 0 Å². The topological polar surface area (TPSA) is 138 Å². The predicted molar refractivity (Wildman–Crippen MR) is 467 cm³/mol. The third-order valence-electron chi connectivity index (χ3n) is 23.5. The molecule has 0 unspecified atom stereocenters. The van der Waals surface area contributed by atoms with Crippen molar-refractivity contribution in [3.63, 3.8) is 0 Å². The Kier molecular flexibility index (Phi) is 48.0. The Morgan fingerprint density at radius 1 is 0.468 bits per heavy atom. The normalized spacial score (nSPS) is 14.6. The van der Waals surface area contributed by atoms with Gasteiger partial charge in [-0.25, -0.2) is 4.79 Å². The monoisotopic (exact) mass is 1550 g/mol. The first-order chi connectivity index (χ1) is 54.2. The molecule has 13 nitrogen and oxygen atoms in total. The van der Waals surface area contributed by atoms with E-state index < -0.39 is 44.0 Å². The summed E-state index contributed by atoms with van der Waals surface area (Å²) in [5.41, 5.74) is 1.36. The van der Waals surface area contributed by atoms with Gasteiger partial charge in [0.15, 0.2) is 19.8 Å². The van der Waals surface area contributed by atoms with Crippen LogP contribution in [-0.2, 0) is 19.5 Å². The van der Waals surface area contributed by atoms with E-state index in [9.17, 15) is 9.59 Å². The van der Waals surface area contributed by atoms with Crippen LogP contribution in [0.3, 0.4) is 0 Å². The Morgan fingerprint density at radius 3 is 1.15 bits per heavy atom. The molecule has 0 bridgehead atoms. The fourth-order valence-electron chi connectivity index (χ4n) is 15.4. The number of nitrogens with zero attached hydrogens (tertiary/aromatic N) is 2. The lowest BCUT2D eigenvalue weighted by atomic mass is 9.80. The quantitative estimate of drug-likeness (QED) is 0.0226. The van der Waals surface area contributed by atoms with E-state index in [-0.39, 0.29) is 17.5 Å². The lowest BCUT2D eigenvalue weighted by Gasteiger charge is -2.40. The molecule has 1 fully saturated rings. The van der Waals surface area contributed by atoms with Crippen molar-refractivity contribution in [2.45, 2.75) is 398 Å². The van der Waals surface area contributed by atoms with Crippen LogP contribution in [0.15, 0.2) is 108 Å². The Balaban J connectivity index is 1.17. The molecule has 1 amide bonds. The zero-order valence-electron chi connectivity index (χ0n) is 72.0. The van der Waals surface area contributed by atoms with Crippen molar-refractivity contribution in [2.75, 3.05) is 46.0 Å². The summed E-state index contributed by atoms with van der Waals surface area (Å²) in [4.78, 5) is 33.9. The molecule has 14 heteroatoms. The number of unbranched alkanes of at least 4 members (excludes halogenated alkanes) is 45. The van der Waals surface area contributed by atoms with Crippen LogP contribution in [0.2, 0.25) is 18.1 Å². The standard InChI is InChI=1S/C97H157N3O10Si/c1-11-14-17-20-23-26-29-32-35-38-41-44-47-50-53-59-74-105-88-77-81(78-89(106-75-60-54-51-48-45-42-39-36-33-30-27-24-21-18-15-12-2)93(88)107-76-61-55-52-49-46-43-40-37-34-31-28-25-22-19-16-13-3)94(101)98-91-72-73-100(95(102)99-91)92-79-87(110-111(9,10)96(4,5)6)90(109-92)80-108-97(82-62-57-56-58-63-82,83-64-68-85(103-7)69-65-83)84-66-70-86(104-8)71-67-84/h56-58,62-73,77-78,87,90,92H,11-55,59-61,74-76,79-80H2,1-10H3,(H,98,99,101,102)/t87-,90+,92+/m0/s1. The van der Waals surface area contributed by atoms with Gasteiger partial charge in [-0.15, -0.1) is 0 Å². The molecular formula is C97H157N3O10Si. The highest BCUT2D eigenvalue weighted by Gasteiger charge is 2.47. The highest BCUT2D eigenvalue weighted by Crippen LogP contribution is 2.46. The van der Waals surface area contributed by atoms with Crippen LogP contribution in [0.1, 0.15) is 389 Å². The number of hydrogen-bond acceptors (Lipinski definition) is 11. The van der Waals surface area contributed by atoms with Gasteiger partial charge in [0.25, 0.3) is 5.91 Å². The molecule has 111 heavy (non-hydrogen) atoms. The van der Waals surface area contributed by atoms with Gasteiger partial charge >= 0.3 is 5.69 Å². The van der Waals surface area contributed by atoms with Gasteiger partial charge in [0.1, 0.15) is 35.2 Å². The minimum Gasteiger partial charge on any atom is -0.497 e. The molecule has 3 atom stereocenters. The second-order valence-corrected chi connectivity index (χ2v) is 38.6. The zero-order valence-corrected chi connectivity index (χ0v) is 73.0. The molecule has 0 spiro atoms. The molecule has 0 radical (unpaired) electrons. The average molecular weight is 1550 g/mol. The van der Waals surface area contributed by atoms with Crippen molar-refractivity contribution in [3.05, 3.63) is 136 Å². The number of methoxy groups -OCH3 is 2. The number of rotatable bonds is 67. The van der Waals surface area contributed by atoms with Gasteiger partial charge < -0.3 is 42.9 Å². The minimum atomic E-state index is -2.43. The molecule has 1 aliphatic rings. The lowest BCUT2D eigenvalue weighted by molar-refractivity contribution is -0.0928. The van der Waals surface area contributed by atoms with Gasteiger partial charge in [0, 0.05) is 18.2 Å². The van der Waals surface area contributed by atoms with Crippen LogP contribution >= 0.6 is 0 Å². The first-order valence-electron chi connectivity index (χ1n) is 45.5. The summed E-state index contributed by atoms with van der Waals surface area (Å²) < 4.78 is 54.8. The van der Waals surface area contributed by atoms with Crippen molar-refractivity contribution in [2.24, 2.45) is 0 Å². The summed E-state index contributed by atoms with van der Waals surface area (Å²) in [7, 11) is 0.899. The number of nitrogens with one attached hydrogen (secondary N) is 1. The second-order valence-electron chi connectivity index (χ2n) is 33.8. The summed E-state index contributed by atoms with van der Waals surface area (Å²) >= 11 is 0. The molecule has 624 valence electrons. The number of amides is 1. The van der Waals surface area contributed by atoms with Crippen LogP contribution in [0.5, 0.6) is 28.7 Å². The van der Waals surface area contributed by atoms with Gasteiger partial charge in [-0.2, -0.15) is 4.98 Å². The lowest BCUT2D eigenvalue weighted by Crippen LogP contribution is -2.47. The second kappa shape index (κ2) is 56.6. The van der Waals surface area contributed by atoms with Crippen LogP contribution in [-0.4, -0.2) is 76.6 Å². The number of ether oxygens (including phenoxy) is 7. The molecule has 0 saturated carbocycles. The van der Waals surface area contributed by atoms with Crippen LogP contribution in [0.25, 0.3) is 0 Å². The minimum absolute atomic E-state index is 0.110. The third kappa shape index (κ3) is 35.9. The molecule has 6 rings (SSSR count). The molecule has 5 aromatic rings. The molecule has 4 aromatic carbocycles. The van der Waals surface area contributed by atoms with Crippen molar-refractivity contribution < 1.29 is 42.4 Å². The summed E-state index contributed by atoms with van der Waals surface area (Å²) in [6.07, 6.45) is 62.5. The summed E-state index contributed by atoms with van der Waals surface area (Å²) in [5.74, 6) is 2.71. The van der Waals surface area contributed by atoms with E-state index in [4.69, 9.17) is 37.6 Å². The summed E-state index contributed by atoms with van der Waals surface area (Å²) in [6, 6.07) is 31.5. The highest BCUT2D eigenvalue weighted by atomic mass is 28.4. The van der Waals surface area contributed by atoms with Gasteiger partial charge in [-0.05, 0) is 96.5 Å². The first kappa shape index (κ1) is 94.2. The maximum Gasteiger partial charge on any atom is 0.351 e. The van der Waals surface area contributed by atoms with Crippen LogP contribution in [0, 0.1) is 0 Å². The third-order valence-corrected chi connectivity index (χ3v) is 28.0. The molecule has 1 aromatic heterocycles. The van der Waals surface area contributed by atoms with Gasteiger partial charge in [0.05, 0.1) is 46.8 Å². The van der Waals surface area contributed by atoms with Crippen LogP contribution in [0.4, 0.5) is 5.82 Å². The number of carbonyl (C=O) groups excluding carboxylic acids is 1. The fourth-order valence-corrected chi connectivity index (χ4v) is 16.8. The highest BCUT2D eigenvalue weighted by molar-refractivity contribution is 6.74. The molecule has 0 aliphatic carbocycles. The zero-order chi connectivity index (χ0) is 79.3. The van der Waals surface area contributed by atoms with E-state index in [2.05, 4.69) is 77.1 Å². The molecule has 2 heterocycles. The van der Waals surface area contributed by atoms with E-state index in [1.54, 1.807) is 38.6 Å². The average Bonchev–Trinajstić information content (AvgIpc) is 1.53. The van der Waals surface area contributed by atoms with E-state index in [0.29, 0.717) is 49.1 Å². The SMILES string of the molecule is CCCCCCCCCCCCCCCCCCOc1cc(C(=O)Nc2ccn([C@H]3C[C@H](O[Si](C)(C)C(C)(C)C)[C@@H](COC(c4ccccc4)(c4ccc(OC)cc4)c4ccc(OC)cc4)O3)c(=O)n2)cc(OCCCCCCCCCCCCCCCCCC)c1OCCCCCCCCCCCCCCCCCC. The van der Waals surface area contributed by atoms with E-state index in [0.717, 1.165) is 66.7 Å². The summed E-state index contributed by atoms with van der Waals surface area (Å²) in [5, 5.41) is 2.88. The Morgan fingerprint density at radius 2 is 0.811 bits per heavy atom. The Bertz CT molecular complexity index is 3120. The Hall–Kier alpha value is -5.67. The number of benzene rings is 4. The van der Waals surface area contributed by atoms with Crippen molar-refractivity contribution in [1.29, 1.82) is 0 Å². The fraction of sp³-hybridized carbons (Fsp3) is 0.701. The molecule has 1 N–H and O–H groups in total. The predicted octanol–water partition coefficient (Wildman–Crippen LogP) is 28.1. The van der Waals surface area contributed by atoms with E-state index in [1.165, 1.54) is 274 Å². The van der Waals surface area contributed by atoms with Gasteiger partial charge in [-0.3, -0.25) is 9.36 Å². The van der Waals surface area contributed by atoms with Crippen molar-refractivity contribution >= 4 is 20.0 Å². The Labute approximate surface area is 677 Å². The van der Waals surface area contributed by atoms with Gasteiger partial charge in [0.2, 0.25) is 5.75 Å². The summed E-state index contributed by atoms with van der Waals surface area (Å²) in [6.45, 7) is 19.7.